The molecule has 12 heteroatoms. The van der Waals surface area contributed by atoms with Gasteiger partial charge in [-0.05, 0) is 23.3 Å². The maximum atomic E-state index is 12.9. The Morgan fingerprint density at radius 1 is 0.633 bits per heavy atom. The summed E-state index contributed by atoms with van der Waals surface area (Å²) in [5.41, 5.74) is -3.56. The van der Waals surface area contributed by atoms with E-state index >= 15 is 0 Å². The van der Waals surface area contributed by atoms with Crippen molar-refractivity contribution in [1.29, 1.82) is 0 Å². The van der Waals surface area contributed by atoms with Crippen LogP contribution in [0.25, 0.3) is 0 Å². The van der Waals surface area contributed by atoms with Crippen molar-refractivity contribution in [2.24, 2.45) is 0 Å². The summed E-state index contributed by atoms with van der Waals surface area (Å²) < 4.78 is 78.4. The number of aromatic nitrogens is 4. The van der Waals surface area contributed by atoms with E-state index in [-0.39, 0.29) is 24.2 Å². The average molecular weight is 430 g/mol. The average Bonchev–Trinajstić information content (AvgIpc) is 2.65. The van der Waals surface area contributed by atoms with Crippen molar-refractivity contribution in [1.82, 2.24) is 19.6 Å². The van der Waals surface area contributed by atoms with Gasteiger partial charge in [0.05, 0.1) is 13.1 Å². The zero-order chi connectivity index (χ0) is 22.1. The van der Waals surface area contributed by atoms with E-state index in [4.69, 9.17) is 0 Å². The van der Waals surface area contributed by atoms with E-state index in [0.29, 0.717) is 21.5 Å². The smallest absolute Gasteiger partial charge is 0.268 e. The maximum Gasteiger partial charge on any atom is 0.435 e. The van der Waals surface area contributed by atoms with Crippen LogP contribution in [0.5, 0.6) is 0 Å². The van der Waals surface area contributed by atoms with E-state index in [0.717, 1.165) is 12.1 Å². The lowest BCUT2D eigenvalue weighted by atomic mass is 10.1. The first kappa shape index (κ1) is 21.3. The van der Waals surface area contributed by atoms with Crippen LogP contribution < -0.4 is 11.1 Å². The Morgan fingerprint density at radius 3 is 1.33 bits per heavy atom. The summed E-state index contributed by atoms with van der Waals surface area (Å²) in [6, 6.07) is 8.52. The molecule has 0 unspecified atom stereocenters. The second kappa shape index (κ2) is 7.76. The zero-order valence-electron chi connectivity index (χ0n) is 14.9. The third kappa shape index (κ3) is 4.75. The van der Waals surface area contributed by atoms with Gasteiger partial charge >= 0.3 is 12.4 Å². The number of alkyl halides is 6. The molecule has 30 heavy (non-hydrogen) atoms. The predicted octanol–water partition coefficient (Wildman–Crippen LogP) is 2.93. The van der Waals surface area contributed by atoms with Gasteiger partial charge in [-0.2, -0.15) is 36.5 Å². The van der Waals surface area contributed by atoms with Crippen LogP contribution in [0.2, 0.25) is 0 Å². The fourth-order valence-electron chi connectivity index (χ4n) is 2.62. The number of benzene rings is 1. The zero-order valence-corrected chi connectivity index (χ0v) is 14.9. The van der Waals surface area contributed by atoms with Gasteiger partial charge in [0.2, 0.25) is 0 Å². The van der Waals surface area contributed by atoms with Crippen molar-refractivity contribution in [2.45, 2.75) is 25.4 Å². The van der Waals surface area contributed by atoms with Gasteiger partial charge in [0.15, 0.2) is 11.4 Å². The van der Waals surface area contributed by atoms with Gasteiger partial charge in [-0.15, -0.1) is 0 Å². The first-order valence-electron chi connectivity index (χ1n) is 8.32. The predicted molar refractivity (Wildman–Crippen MR) is 91.6 cm³/mol. The summed E-state index contributed by atoms with van der Waals surface area (Å²) in [5.74, 6) is 0. The van der Waals surface area contributed by atoms with Crippen molar-refractivity contribution in [3.05, 3.63) is 91.8 Å². The molecule has 0 aliphatic rings. The molecule has 0 amide bonds. The second-order valence-corrected chi connectivity index (χ2v) is 6.19. The third-order valence-corrected chi connectivity index (χ3v) is 4.07. The van der Waals surface area contributed by atoms with Crippen molar-refractivity contribution in [3.8, 4) is 0 Å². The van der Waals surface area contributed by atoms with Crippen LogP contribution in [0.4, 0.5) is 26.3 Å². The van der Waals surface area contributed by atoms with Gasteiger partial charge in [-0.1, -0.05) is 24.3 Å². The monoisotopic (exact) mass is 430 g/mol. The van der Waals surface area contributed by atoms with Crippen molar-refractivity contribution in [2.75, 3.05) is 0 Å². The highest BCUT2D eigenvalue weighted by Gasteiger charge is 2.34. The molecule has 1 aromatic carbocycles. The first-order valence-corrected chi connectivity index (χ1v) is 8.32. The summed E-state index contributed by atoms with van der Waals surface area (Å²) in [6.07, 6.45) is -9.52. The van der Waals surface area contributed by atoms with E-state index in [9.17, 15) is 35.9 Å². The highest BCUT2D eigenvalue weighted by Crippen LogP contribution is 2.27. The minimum Gasteiger partial charge on any atom is -0.268 e. The molecule has 3 rings (SSSR count). The third-order valence-electron chi connectivity index (χ3n) is 4.07. The molecule has 6 nitrogen and oxygen atoms in total. The van der Waals surface area contributed by atoms with Gasteiger partial charge in [0.25, 0.3) is 11.1 Å². The Bertz CT molecular complexity index is 1090. The molecule has 0 saturated carbocycles. The molecular weight excluding hydrogens is 418 g/mol. The molecule has 0 aliphatic heterocycles. The SMILES string of the molecule is O=c1ccc(C(F)(F)F)nn1Cc1ccccc1Cn1nc(C(F)(F)F)ccc1=O. The standard InChI is InChI=1S/C18H12F6N4O2/c19-17(20,21)13-5-7-15(29)27(25-13)9-11-3-1-2-4-12(11)10-28-16(30)8-6-14(26-28)18(22,23)24/h1-8H,9-10H2. The maximum absolute atomic E-state index is 12.9. The first-order chi connectivity index (χ1) is 13.9. The van der Waals surface area contributed by atoms with Gasteiger partial charge in [-0.3, -0.25) is 9.59 Å². The summed E-state index contributed by atoms with van der Waals surface area (Å²) >= 11 is 0. The van der Waals surface area contributed by atoms with E-state index in [1.54, 1.807) is 0 Å². The Balaban J connectivity index is 1.98. The topological polar surface area (TPSA) is 69.8 Å². The molecule has 0 N–H and O–H groups in total. The van der Waals surface area contributed by atoms with Crippen LogP contribution >= 0.6 is 0 Å². The number of rotatable bonds is 4. The van der Waals surface area contributed by atoms with Crippen LogP contribution in [-0.2, 0) is 25.4 Å². The minimum absolute atomic E-state index is 0.289. The van der Waals surface area contributed by atoms with Crippen LogP contribution in [0.1, 0.15) is 22.5 Å². The Labute approximate surface area is 164 Å². The molecule has 3 aromatic rings. The van der Waals surface area contributed by atoms with E-state index < -0.39 is 34.9 Å². The lowest BCUT2D eigenvalue weighted by Gasteiger charge is -2.14. The Morgan fingerprint density at radius 2 is 1.00 bits per heavy atom. The molecule has 2 heterocycles. The van der Waals surface area contributed by atoms with Gasteiger partial charge in [-0.25, -0.2) is 9.36 Å². The summed E-state index contributed by atoms with van der Waals surface area (Å²) in [4.78, 5) is 23.8. The quantitative estimate of drug-likeness (QED) is 0.597. The molecule has 0 aliphatic carbocycles. The van der Waals surface area contributed by atoms with Crippen LogP contribution in [-0.4, -0.2) is 19.6 Å². The van der Waals surface area contributed by atoms with Gasteiger partial charge < -0.3 is 0 Å². The molecule has 0 fully saturated rings. The van der Waals surface area contributed by atoms with Crippen LogP contribution in [0.15, 0.2) is 58.1 Å². The van der Waals surface area contributed by atoms with E-state index in [2.05, 4.69) is 10.2 Å². The minimum atomic E-state index is -4.76. The lowest BCUT2D eigenvalue weighted by Crippen LogP contribution is -2.28. The molecule has 0 radical (unpaired) electrons. The lowest BCUT2D eigenvalue weighted by molar-refractivity contribution is -0.143. The van der Waals surface area contributed by atoms with Crippen molar-refractivity contribution < 1.29 is 26.3 Å². The molecule has 0 spiro atoms. The van der Waals surface area contributed by atoms with Gasteiger partial charge in [0.1, 0.15) is 0 Å². The summed E-state index contributed by atoms with van der Waals surface area (Å²) in [6.45, 7) is -0.765. The van der Waals surface area contributed by atoms with Crippen LogP contribution in [0.3, 0.4) is 0 Å². The fourth-order valence-corrected chi connectivity index (χ4v) is 2.62. The molecule has 0 atom stereocenters. The number of nitrogens with zero attached hydrogens (tertiary/aromatic N) is 4. The van der Waals surface area contributed by atoms with Crippen molar-refractivity contribution in [3.63, 3.8) is 0 Å². The van der Waals surface area contributed by atoms with E-state index in [1.807, 2.05) is 0 Å². The number of hydrogen-bond acceptors (Lipinski definition) is 4. The van der Waals surface area contributed by atoms with Crippen molar-refractivity contribution >= 4 is 0 Å². The molecular formula is C18H12F6N4O2. The van der Waals surface area contributed by atoms with E-state index in [1.165, 1.54) is 24.3 Å². The Hall–Kier alpha value is -3.44. The highest BCUT2D eigenvalue weighted by atomic mass is 19.4. The largest absolute Gasteiger partial charge is 0.435 e. The second-order valence-electron chi connectivity index (χ2n) is 6.19. The normalized spacial score (nSPS) is 12.2. The summed E-state index contributed by atoms with van der Waals surface area (Å²) in [7, 11) is 0. The molecule has 0 saturated heterocycles. The molecule has 2 aromatic heterocycles. The number of halogens is 6. The fraction of sp³-hybridized carbons (Fsp3) is 0.222. The molecule has 0 bridgehead atoms. The molecule has 158 valence electrons. The Kier molecular flexibility index (Phi) is 5.51. The summed E-state index contributed by atoms with van der Waals surface area (Å²) in [5, 5.41) is 6.59. The van der Waals surface area contributed by atoms with Gasteiger partial charge in [0, 0.05) is 12.1 Å². The number of hydrogen-bond donors (Lipinski definition) is 0. The van der Waals surface area contributed by atoms with Crippen LogP contribution in [0, 0.1) is 0 Å². The highest BCUT2D eigenvalue weighted by molar-refractivity contribution is 5.27.